The second-order valence-corrected chi connectivity index (χ2v) is 4.96. The third kappa shape index (κ3) is 2.53. The lowest BCUT2D eigenvalue weighted by Crippen LogP contribution is -2.04. The molecular formula is C19H16O3. The molecule has 0 unspecified atom stereocenters. The fraction of sp³-hybridized carbons (Fsp3) is 0.105. The van der Waals surface area contributed by atoms with Crippen molar-refractivity contribution in [2.45, 2.75) is 0 Å². The molecule has 0 aliphatic carbocycles. The van der Waals surface area contributed by atoms with Crippen molar-refractivity contribution in [3.05, 3.63) is 71.8 Å². The highest BCUT2D eigenvalue weighted by molar-refractivity contribution is 6.12. The normalized spacial score (nSPS) is 10.5. The van der Waals surface area contributed by atoms with Gasteiger partial charge in [-0.2, -0.15) is 0 Å². The fourth-order valence-corrected chi connectivity index (χ4v) is 2.46. The Labute approximate surface area is 129 Å². The van der Waals surface area contributed by atoms with Crippen molar-refractivity contribution < 1.29 is 14.3 Å². The van der Waals surface area contributed by atoms with Crippen LogP contribution in [-0.2, 0) is 0 Å². The van der Waals surface area contributed by atoms with Crippen LogP contribution in [0.15, 0.2) is 60.7 Å². The SMILES string of the molecule is COc1ccc(C(=O)c2cc3ccccc3cc2OC)cc1. The maximum absolute atomic E-state index is 12.7. The van der Waals surface area contributed by atoms with Crippen molar-refractivity contribution >= 4 is 16.6 Å². The highest BCUT2D eigenvalue weighted by Crippen LogP contribution is 2.28. The summed E-state index contributed by atoms with van der Waals surface area (Å²) < 4.78 is 10.5. The molecule has 0 radical (unpaired) electrons. The first-order chi connectivity index (χ1) is 10.7. The summed E-state index contributed by atoms with van der Waals surface area (Å²) in [5.41, 5.74) is 1.17. The first-order valence-corrected chi connectivity index (χ1v) is 6.98. The van der Waals surface area contributed by atoms with Crippen LogP contribution in [-0.4, -0.2) is 20.0 Å². The second kappa shape index (κ2) is 5.90. The number of rotatable bonds is 4. The molecule has 3 aromatic rings. The van der Waals surface area contributed by atoms with Crippen molar-refractivity contribution in [2.75, 3.05) is 14.2 Å². The zero-order chi connectivity index (χ0) is 15.5. The molecule has 0 saturated carbocycles. The Morgan fingerprint density at radius 3 is 2.05 bits per heavy atom. The molecule has 0 atom stereocenters. The Balaban J connectivity index is 2.08. The lowest BCUT2D eigenvalue weighted by atomic mass is 9.99. The van der Waals surface area contributed by atoms with Gasteiger partial charge in [0, 0.05) is 5.56 Å². The molecule has 110 valence electrons. The van der Waals surface area contributed by atoms with Gasteiger partial charge < -0.3 is 9.47 Å². The molecule has 0 bridgehead atoms. The standard InChI is InChI=1S/C19H16O3/c1-21-16-9-7-13(8-10-16)19(20)17-11-14-5-3-4-6-15(14)12-18(17)22-2/h3-12H,1-2H3. The Hall–Kier alpha value is -2.81. The van der Waals surface area contributed by atoms with Crippen molar-refractivity contribution in [1.82, 2.24) is 0 Å². The van der Waals surface area contributed by atoms with Crippen molar-refractivity contribution in [1.29, 1.82) is 0 Å². The van der Waals surface area contributed by atoms with Crippen LogP contribution in [0.25, 0.3) is 10.8 Å². The monoisotopic (exact) mass is 292 g/mol. The van der Waals surface area contributed by atoms with Crippen LogP contribution in [0.3, 0.4) is 0 Å². The topological polar surface area (TPSA) is 35.5 Å². The Bertz CT molecular complexity index is 820. The third-order valence-corrected chi connectivity index (χ3v) is 3.66. The van der Waals surface area contributed by atoms with E-state index in [0.717, 1.165) is 16.5 Å². The van der Waals surface area contributed by atoms with Crippen LogP contribution < -0.4 is 9.47 Å². The van der Waals surface area contributed by atoms with E-state index in [0.29, 0.717) is 16.9 Å². The van der Waals surface area contributed by atoms with E-state index in [1.165, 1.54) is 0 Å². The van der Waals surface area contributed by atoms with Gasteiger partial charge in [-0.15, -0.1) is 0 Å². The van der Waals surface area contributed by atoms with E-state index in [4.69, 9.17) is 9.47 Å². The van der Waals surface area contributed by atoms with Crippen molar-refractivity contribution in [2.24, 2.45) is 0 Å². The van der Waals surface area contributed by atoms with Crippen LogP contribution >= 0.6 is 0 Å². The molecule has 3 aromatic carbocycles. The maximum atomic E-state index is 12.7. The molecular weight excluding hydrogens is 276 g/mol. The van der Waals surface area contributed by atoms with Crippen LogP contribution in [0.2, 0.25) is 0 Å². The number of carbonyl (C=O) groups is 1. The second-order valence-electron chi connectivity index (χ2n) is 4.96. The Morgan fingerprint density at radius 1 is 0.818 bits per heavy atom. The molecule has 0 spiro atoms. The highest BCUT2D eigenvalue weighted by Gasteiger charge is 2.15. The summed E-state index contributed by atoms with van der Waals surface area (Å²) >= 11 is 0. The van der Waals surface area contributed by atoms with Gasteiger partial charge in [0.15, 0.2) is 5.78 Å². The summed E-state index contributed by atoms with van der Waals surface area (Å²) in [5, 5.41) is 2.06. The van der Waals surface area contributed by atoms with Gasteiger partial charge in [0.2, 0.25) is 0 Å². The van der Waals surface area contributed by atoms with Gasteiger partial charge in [-0.25, -0.2) is 0 Å². The number of carbonyl (C=O) groups excluding carboxylic acids is 1. The molecule has 0 aliphatic rings. The Morgan fingerprint density at radius 2 is 1.45 bits per heavy atom. The number of ether oxygens (including phenoxy) is 2. The van der Waals surface area contributed by atoms with Gasteiger partial charge in [-0.3, -0.25) is 4.79 Å². The van der Waals surface area contributed by atoms with Gasteiger partial charge >= 0.3 is 0 Å². The lowest BCUT2D eigenvalue weighted by molar-refractivity contribution is 0.103. The zero-order valence-corrected chi connectivity index (χ0v) is 12.5. The van der Waals surface area contributed by atoms with Gasteiger partial charge in [0.25, 0.3) is 0 Å². The minimum absolute atomic E-state index is 0.0646. The minimum Gasteiger partial charge on any atom is -0.497 e. The molecule has 3 heteroatoms. The first kappa shape index (κ1) is 14.1. The number of hydrogen-bond acceptors (Lipinski definition) is 3. The Kier molecular flexibility index (Phi) is 3.79. The van der Waals surface area contributed by atoms with Crippen molar-refractivity contribution in [3.8, 4) is 11.5 Å². The maximum Gasteiger partial charge on any atom is 0.196 e. The van der Waals surface area contributed by atoms with Gasteiger partial charge in [0.1, 0.15) is 11.5 Å². The van der Waals surface area contributed by atoms with Crippen LogP contribution in [0.5, 0.6) is 11.5 Å². The molecule has 0 N–H and O–H groups in total. The predicted molar refractivity (Wildman–Crippen MR) is 86.9 cm³/mol. The number of fused-ring (bicyclic) bond motifs is 1. The summed E-state index contributed by atoms with van der Waals surface area (Å²) in [6.07, 6.45) is 0. The molecule has 0 heterocycles. The summed E-state index contributed by atoms with van der Waals surface area (Å²) in [4.78, 5) is 12.7. The lowest BCUT2D eigenvalue weighted by Gasteiger charge is -2.10. The summed E-state index contributed by atoms with van der Waals surface area (Å²) in [5.74, 6) is 1.24. The number of methoxy groups -OCH3 is 2. The molecule has 3 rings (SSSR count). The van der Waals surface area contributed by atoms with E-state index in [9.17, 15) is 4.79 Å². The van der Waals surface area contributed by atoms with Crippen LogP contribution in [0.4, 0.5) is 0 Å². The van der Waals surface area contributed by atoms with Gasteiger partial charge in [-0.05, 0) is 47.2 Å². The average Bonchev–Trinajstić information content (AvgIpc) is 2.60. The zero-order valence-electron chi connectivity index (χ0n) is 12.5. The van der Waals surface area contributed by atoms with E-state index in [1.807, 2.05) is 36.4 Å². The number of benzene rings is 3. The van der Waals surface area contributed by atoms with E-state index >= 15 is 0 Å². The highest BCUT2D eigenvalue weighted by atomic mass is 16.5. The van der Waals surface area contributed by atoms with E-state index < -0.39 is 0 Å². The molecule has 0 aromatic heterocycles. The van der Waals surface area contributed by atoms with Gasteiger partial charge in [0.05, 0.1) is 19.8 Å². The van der Waals surface area contributed by atoms with Crippen LogP contribution in [0.1, 0.15) is 15.9 Å². The van der Waals surface area contributed by atoms with Crippen molar-refractivity contribution in [3.63, 3.8) is 0 Å². The van der Waals surface area contributed by atoms with Crippen LogP contribution in [0, 0.1) is 0 Å². The summed E-state index contributed by atoms with van der Waals surface area (Å²) in [6.45, 7) is 0. The smallest absolute Gasteiger partial charge is 0.196 e. The first-order valence-electron chi connectivity index (χ1n) is 6.98. The number of ketones is 1. The molecule has 0 amide bonds. The van der Waals surface area contributed by atoms with E-state index in [1.54, 1.807) is 38.5 Å². The average molecular weight is 292 g/mol. The molecule has 0 aliphatic heterocycles. The summed E-state index contributed by atoms with van der Waals surface area (Å²) in [7, 11) is 3.18. The molecule has 3 nitrogen and oxygen atoms in total. The fourth-order valence-electron chi connectivity index (χ4n) is 2.46. The molecule has 22 heavy (non-hydrogen) atoms. The third-order valence-electron chi connectivity index (χ3n) is 3.66. The number of hydrogen-bond donors (Lipinski definition) is 0. The van der Waals surface area contributed by atoms with E-state index in [-0.39, 0.29) is 5.78 Å². The molecule has 0 saturated heterocycles. The largest absolute Gasteiger partial charge is 0.497 e. The van der Waals surface area contributed by atoms with E-state index in [2.05, 4.69) is 0 Å². The van der Waals surface area contributed by atoms with Gasteiger partial charge in [-0.1, -0.05) is 24.3 Å². The minimum atomic E-state index is -0.0646. The summed E-state index contributed by atoms with van der Waals surface area (Å²) in [6, 6.07) is 18.8. The molecule has 0 fully saturated rings. The quantitative estimate of drug-likeness (QED) is 0.679. The predicted octanol–water partition coefficient (Wildman–Crippen LogP) is 4.09.